The molecule has 0 aliphatic carbocycles. The number of fused-ring (bicyclic) bond motifs is 3. The first-order chi connectivity index (χ1) is 19.0. The van der Waals surface area contributed by atoms with Crippen LogP contribution in [-0.2, 0) is 5.41 Å². The molecular weight excluding hydrogens is 472 g/mol. The van der Waals surface area contributed by atoms with Crippen LogP contribution in [0.4, 0.5) is 0 Å². The van der Waals surface area contributed by atoms with Gasteiger partial charge in [-0.25, -0.2) is 0 Å². The molecule has 1 heterocycles. The largest absolute Gasteiger partial charge is 0.456 e. The fourth-order valence-corrected chi connectivity index (χ4v) is 5.83. The fourth-order valence-electron chi connectivity index (χ4n) is 5.83. The van der Waals surface area contributed by atoms with E-state index in [1.54, 1.807) is 0 Å². The van der Waals surface area contributed by atoms with Gasteiger partial charge in [-0.15, -0.1) is 0 Å². The van der Waals surface area contributed by atoms with Crippen LogP contribution in [0.15, 0.2) is 132 Å². The summed E-state index contributed by atoms with van der Waals surface area (Å²) in [6.45, 7) is 6.80. The quantitative estimate of drug-likeness (QED) is 0.219. The molecule has 0 unspecified atom stereocenters. The zero-order valence-corrected chi connectivity index (χ0v) is 22.5. The Labute approximate surface area is 229 Å². The third kappa shape index (κ3) is 4.02. The zero-order chi connectivity index (χ0) is 26.6. The number of hydrogen-bond donors (Lipinski definition) is 0. The van der Waals surface area contributed by atoms with Gasteiger partial charge in [-0.3, -0.25) is 0 Å². The lowest BCUT2D eigenvalue weighted by molar-refractivity contribution is 0.590. The van der Waals surface area contributed by atoms with Crippen molar-refractivity contribution in [2.45, 2.75) is 26.2 Å². The second-order valence-electron chi connectivity index (χ2n) is 11.4. The molecule has 39 heavy (non-hydrogen) atoms. The van der Waals surface area contributed by atoms with Gasteiger partial charge < -0.3 is 4.42 Å². The topological polar surface area (TPSA) is 13.1 Å². The molecule has 7 rings (SSSR count). The Morgan fingerprint density at radius 2 is 0.974 bits per heavy atom. The van der Waals surface area contributed by atoms with Gasteiger partial charge in [0, 0.05) is 10.9 Å². The molecule has 0 saturated carbocycles. The van der Waals surface area contributed by atoms with E-state index in [1.807, 2.05) is 18.2 Å². The van der Waals surface area contributed by atoms with Crippen LogP contribution in [0.1, 0.15) is 26.3 Å². The summed E-state index contributed by atoms with van der Waals surface area (Å²) in [5.74, 6) is 0.895. The van der Waals surface area contributed by atoms with Gasteiger partial charge in [0.05, 0.1) is 0 Å². The molecule has 1 heteroatoms. The van der Waals surface area contributed by atoms with Gasteiger partial charge in [0.15, 0.2) is 0 Å². The Balaban J connectivity index is 1.47. The minimum Gasteiger partial charge on any atom is -0.456 e. The molecule has 0 aliphatic heterocycles. The van der Waals surface area contributed by atoms with Crippen LogP contribution in [0.5, 0.6) is 0 Å². The Morgan fingerprint density at radius 1 is 0.462 bits per heavy atom. The van der Waals surface area contributed by atoms with Crippen LogP contribution in [0, 0.1) is 0 Å². The molecule has 1 nitrogen and oxygen atoms in total. The van der Waals surface area contributed by atoms with Crippen molar-refractivity contribution in [3.8, 4) is 33.6 Å². The molecule has 0 saturated heterocycles. The van der Waals surface area contributed by atoms with E-state index in [-0.39, 0.29) is 5.41 Å². The van der Waals surface area contributed by atoms with Gasteiger partial charge in [0.1, 0.15) is 11.3 Å². The smallest absolute Gasteiger partial charge is 0.135 e. The molecular formula is C38H30O. The van der Waals surface area contributed by atoms with E-state index in [2.05, 4.69) is 130 Å². The number of rotatable bonds is 3. The zero-order valence-electron chi connectivity index (χ0n) is 22.5. The Bertz CT molecular complexity index is 1910. The molecule has 0 amide bonds. The number of benzene rings is 6. The van der Waals surface area contributed by atoms with E-state index in [9.17, 15) is 0 Å². The third-order valence-corrected chi connectivity index (χ3v) is 7.83. The average molecular weight is 503 g/mol. The molecule has 0 fully saturated rings. The van der Waals surface area contributed by atoms with Crippen LogP contribution in [0.25, 0.3) is 66.1 Å². The van der Waals surface area contributed by atoms with Gasteiger partial charge in [0.25, 0.3) is 0 Å². The summed E-state index contributed by atoms with van der Waals surface area (Å²) in [5, 5.41) is 6.18. The standard InChI is InChI=1S/C38H30O/c1-38(2,3)29-20-17-26(18-21-29)36-30-13-7-9-15-32(30)37(33-16-10-8-14-31(33)36)27-19-22-34-28(23-27)24-35(39-34)25-11-5-4-6-12-25/h4-24H,1-3H3. The first-order valence-electron chi connectivity index (χ1n) is 13.6. The predicted molar refractivity (Wildman–Crippen MR) is 166 cm³/mol. The summed E-state index contributed by atoms with van der Waals surface area (Å²) in [7, 11) is 0. The summed E-state index contributed by atoms with van der Waals surface area (Å²) < 4.78 is 6.23. The maximum Gasteiger partial charge on any atom is 0.135 e. The normalized spacial score (nSPS) is 12.0. The lowest BCUT2D eigenvalue weighted by Crippen LogP contribution is -2.10. The molecule has 1 aromatic heterocycles. The van der Waals surface area contributed by atoms with Crippen molar-refractivity contribution in [1.82, 2.24) is 0 Å². The molecule has 7 aromatic rings. The summed E-state index contributed by atoms with van der Waals surface area (Å²) in [4.78, 5) is 0. The maximum atomic E-state index is 6.23. The highest BCUT2D eigenvalue weighted by atomic mass is 16.3. The Morgan fingerprint density at radius 3 is 1.54 bits per heavy atom. The Hall–Kier alpha value is -4.62. The van der Waals surface area contributed by atoms with E-state index in [1.165, 1.54) is 49.4 Å². The first kappa shape index (κ1) is 23.5. The third-order valence-electron chi connectivity index (χ3n) is 7.83. The van der Waals surface area contributed by atoms with Crippen molar-refractivity contribution in [3.63, 3.8) is 0 Å². The van der Waals surface area contributed by atoms with Crippen molar-refractivity contribution in [2.24, 2.45) is 0 Å². The van der Waals surface area contributed by atoms with Gasteiger partial charge in [-0.05, 0) is 73.0 Å². The van der Waals surface area contributed by atoms with Crippen LogP contribution in [0.2, 0.25) is 0 Å². The maximum absolute atomic E-state index is 6.23. The molecule has 0 bridgehead atoms. The molecule has 0 aliphatic rings. The highest BCUT2D eigenvalue weighted by Crippen LogP contribution is 2.44. The van der Waals surface area contributed by atoms with Gasteiger partial charge in [0.2, 0.25) is 0 Å². The fraction of sp³-hybridized carbons (Fsp3) is 0.105. The summed E-state index contributed by atoms with van der Waals surface area (Å²) in [6, 6.07) is 45.8. The van der Waals surface area contributed by atoms with Crippen LogP contribution < -0.4 is 0 Å². The molecule has 188 valence electrons. The molecule has 6 aromatic carbocycles. The number of hydrogen-bond acceptors (Lipinski definition) is 1. The molecule has 0 atom stereocenters. The number of furan rings is 1. The van der Waals surface area contributed by atoms with E-state index in [0.717, 1.165) is 22.3 Å². The predicted octanol–water partition coefficient (Wildman–Crippen LogP) is 11.0. The van der Waals surface area contributed by atoms with Gasteiger partial charge in [-0.2, -0.15) is 0 Å². The summed E-state index contributed by atoms with van der Waals surface area (Å²) in [6.07, 6.45) is 0. The van der Waals surface area contributed by atoms with Crippen molar-refractivity contribution in [2.75, 3.05) is 0 Å². The highest BCUT2D eigenvalue weighted by Gasteiger charge is 2.18. The van der Waals surface area contributed by atoms with Crippen LogP contribution in [-0.4, -0.2) is 0 Å². The van der Waals surface area contributed by atoms with Gasteiger partial charge in [-0.1, -0.05) is 130 Å². The summed E-state index contributed by atoms with van der Waals surface area (Å²) >= 11 is 0. The lowest BCUT2D eigenvalue weighted by atomic mass is 9.83. The van der Waals surface area contributed by atoms with E-state index in [4.69, 9.17) is 4.42 Å². The van der Waals surface area contributed by atoms with Crippen LogP contribution in [0.3, 0.4) is 0 Å². The van der Waals surface area contributed by atoms with Crippen molar-refractivity contribution < 1.29 is 4.42 Å². The molecule has 0 spiro atoms. The second kappa shape index (κ2) is 8.99. The van der Waals surface area contributed by atoms with Crippen molar-refractivity contribution in [3.05, 3.63) is 133 Å². The minimum atomic E-state index is 0.124. The monoisotopic (exact) mass is 502 g/mol. The SMILES string of the molecule is CC(C)(C)c1ccc(-c2c3ccccc3c(-c3ccc4oc(-c5ccccc5)cc4c3)c3ccccc23)cc1. The van der Waals surface area contributed by atoms with E-state index in [0.29, 0.717) is 0 Å². The van der Waals surface area contributed by atoms with E-state index < -0.39 is 0 Å². The molecule has 0 N–H and O–H groups in total. The van der Waals surface area contributed by atoms with Gasteiger partial charge >= 0.3 is 0 Å². The Kier molecular flexibility index (Phi) is 5.42. The van der Waals surface area contributed by atoms with Crippen LogP contribution >= 0.6 is 0 Å². The lowest BCUT2D eigenvalue weighted by Gasteiger charge is -2.21. The minimum absolute atomic E-state index is 0.124. The van der Waals surface area contributed by atoms with Crippen molar-refractivity contribution in [1.29, 1.82) is 0 Å². The first-order valence-corrected chi connectivity index (χ1v) is 13.6. The highest BCUT2D eigenvalue weighted by molar-refractivity contribution is 6.21. The summed E-state index contributed by atoms with van der Waals surface area (Å²) in [5.41, 5.74) is 8.47. The van der Waals surface area contributed by atoms with Crippen molar-refractivity contribution >= 4 is 32.5 Å². The second-order valence-corrected chi connectivity index (χ2v) is 11.4. The average Bonchev–Trinajstić information content (AvgIpc) is 3.39. The molecule has 0 radical (unpaired) electrons. The van der Waals surface area contributed by atoms with E-state index >= 15 is 0 Å².